The van der Waals surface area contributed by atoms with Crippen LogP contribution in [0.1, 0.15) is 31.7 Å². The SMILES string of the molecule is C[C@H](NN(C(=O)[C@@H](N)Cc1ccc(O)cc1)[C@@H](CC(N)=O)C(=O)O)C(=O)N[C@@H](CCC(N)=O)C(=O)O. The molecule has 0 radical (unpaired) electrons. The highest BCUT2D eigenvalue weighted by Crippen LogP contribution is 2.13. The molecule has 0 aliphatic carbocycles. The zero-order chi connectivity index (χ0) is 27.6. The van der Waals surface area contributed by atoms with Gasteiger partial charge in [0.2, 0.25) is 17.7 Å². The fraction of sp³-hybridized carbons (Fsp3) is 0.429. The van der Waals surface area contributed by atoms with Crippen molar-refractivity contribution < 1.29 is 44.1 Å². The molecular formula is C21H30N6O9. The number of amides is 4. The van der Waals surface area contributed by atoms with Gasteiger partial charge in [0.05, 0.1) is 12.5 Å². The number of hydrogen-bond acceptors (Lipinski definition) is 9. The van der Waals surface area contributed by atoms with E-state index in [0.717, 1.165) is 0 Å². The Morgan fingerprint density at radius 3 is 2.03 bits per heavy atom. The molecule has 0 unspecified atom stereocenters. The second kappa shape index (κ2) is 13.6. The van der Waals surface area contributed by atoms with E-state index in [1.807, 2.05) is 0 Å². The first kappa shape index (κ1) is 29.8. The minimum Gasteiger partial charge on any atom is -0.508 e. The van der Waals surface area contributed by atoms with Crippen LogP contribution in [0.25, 0.3) is 0 Å². The Morgan fingerprint density at radius 2 is 1.56 bits per heavy atom. The van der Waals surface area contributed by atoms with Gasteiger partial charge in [0.15, 0.2) is 6.04 Å². The molecule has 11 N–H and O–H groups in total. The number of primary amides is 2. The number of rotatable bonds is 15. The molecule has 0 aliphatic heterocycles. The molecule has 15 nitrogen and oxygen atoms in total. The number of phenols is 1. The Bertz CT molecular complexity index is 985. The molecule has 0 heterocycles. The van der Waals surface area contributed by atoms with Gasteiger partial charge in [-0.1, -0.05) is 12.1 Å². The molecule has 0 bridgehead atoms. The van der Waals surface area contributed by atoms with Crippen LogP contribution in [0, 0.1) is 0 Å². The molecular weight excluding hydrogens is 480 g/mol. The molecule has 0 saturated carbocycles. The lowest BCUT2D eigenvalue weighted by Crippen LogP contribution is -2.63. The lowest BCUT2D eigenvalue weighted by atomic mass is 10.0. The van der Waals surface area contributed by atoms with E-state index in [1.165, 1.54) is 31.2 Å². The smallest absolute Gasteiger partial charge is 0.328 e. The average Bonchev–Trinajstić information content (AvgIpc) is 2.78. The zero-order valence-electron chi connectivity index (χ0n) is 19.4. The molecule has 0 aliphatic rings. The third-order valence-electron chi connectivity index (χ3n) is 4.96. The van der Waals surface area contributed by atoms with Crippen molar-refractivity contribution in [3.63, 3.8) is 0 Å². The molecule has 36 heavy (non-hydrogen) atoms. The van der Waals surface area contributed by atoms with Crippen molar-refractivity contribution in [2.24, 2.45) is 17.2 Å². The van der Waals surface area contributed by atoms with Crippen molar-refractivity contribution in [1.82, 2.24) is 15.8 Å². The number of aliphatic carboxylic acids is 2. The van der Waals surface area contributed by atoms with E-state index in [0.29, 0.717) is 10.6 Å². The van der Waals surface area contributed by atoms with E-state index in [4.69, 9.17) is 17.2 Å². The van der Waals surface area contributed by atoms with Gasteiger partial charge in [-0.15, -0.1) is 0 Å². The van der Waals surface area contributed by atoms with Gasteiger partial charge in [-0.2, -0.15) is 0 Å². The predicted octanol–water partition coefficient (Wildman–Crippen LogP) is -2.85. The van der Waals surface area contributed by atoms with Gasteiger partial charge in [0, 0.05) is 6.42 Å². The first-order chi connectivity index (χ1) is 16.7. The summed E-state index contributed by atoms with van der Waals surface area (Å²) < 4.78 is 0. The van der Waals surface area contributed by atoms with Crippen molar-refractivity contribution in [2.75, 3.05) is 0 Å². The standard InChI is InChI=1S/C21H30N6O9/c1-10(18(31)25-14(20(33)34)6-7-16(23)29)26-27(15(21(35)36)9-17(24)30)19(32)13(22)8-11-2-4-12(28)5-3-11/h2-5,10,13-15,26,28H,6-9,22H2,1H3,(H2,23,29)(H2,24,30)(H,25,31)(H,33,34)(H,35,36)/t10-,13-,14-,15-/m0/s1. The average molecular weight is 511 g/mol. The summed E-state index contributed by atoms with van der Waals surface area (Å²) in [5, 5.41) is 30.9. The van der Waals surface area contributed by atoms with Gasteiger partial charge in [0.25, 0.3) is 5.91 Å². The van der Waals surface area contributed by atoms with E-state index < -0.39 is 66.2 Å². The highest BCUT2D eigenvalue weighted by atomic mass is 16.4. The molecule has 4 atom stereocenters. The van der Waals surface area contributed by atoms with E-state index in [1.54, 1.807) is 0 Å². The number of carbonyl (C=O) groups excluding carboxylic acids is 4. The maximum atomic E-state index is 13.1. The number of nitrogens with two attached hydrogens (primary N) is 3. The summed E-state index contributed by atoms with van der Waals surface area (Å²) in [6, 6.07) is -0.357. The predicted molar refractivity (Wildman–Crippen MR) is 122 cm³/mol. The highest BCUT2D eigenvalue weighted by Gasteiger charge is 2.36. The van der Waals surface area contributed by atoms with Crippen LogP contribution in [0.3, 0.4) is 0 Å². The van der Waals surface area contributed by atoms with E-state index >= 15 is 0 Å². The minimum absolute atomic E-state index is 0.0235. The molecule has 1 rings (SSSR count). The van der Waals surface area contributed by atoms with Crippen LogP contribution in [0.4, 0.5) is 0 Å². The van der Waals surface area contributed by atoms with Crippen LogP contribution >= 0.6 is 0 Å². The number of aromatic hydroxyl groups is 1. The van der Waals surface area contributed by atoms with Gasteiger partial charge < -0.3 is 37.8 Å². The van der Waals surface area contributed by atoms with Crippen molar-refractivity contribution in [1.29, 1.82) is 0 Å². The summed E-state index contributed by atoms with van der Waals surface area (Å²) in [7, 11) is 0. The van der Waals surface area contributed by atoms with Crippen molar-refractivity contribution >= 4 is 35.6 Å². The molecule has 0 aromatic heterocycles. The van der Waals surface area contributed by atoms with Crippen LogP contribution in [-0.4, -0.2) is 80.1 Å². The number of phenolic OH excluding ortho intramolecular Hbond substituents is 1. The summed E-state index contributed by atoms with van der Waals surface area (Å²) >= 11 is 0. The Morgan fingerprint density at radius 1 is 0.972 bits per heavy atom. The van der Waals surface area contributed by atoms with Gasteiger partial charge >= 0.3 is 11.9 Å². The summed E-state index contributed by atoms with van der Waals surface area (Å²) in [5.74, 6) is -6.88. The molecule has 1 aromatic carbocycles. The maximum absolute atomic E-state index is 13.1. The van der Waals surface area contributed by atoms with E-state index in [-0.39, 0.29) is 25.0 Å². The molecule has 1 aromatic rings. The maximum Gasteiger partial charge on any atom is 0.328 e. The summed E-state index contributed by atoms with van der Waals surface area (Å²) in [5.41, 5.74) is 19.0. The number of carboxylic acids is 2. The number of benzene rings is 1. The molecule has 0 spiro atoms. The highest BCUT2D eigenvalue weighted by molar-refractivity contribution is 5.91. The molecule has 4 amide bonds. The number of carboxylic acid groups (broad SMARTS) is 2. The van der Waals surface area contributed by atoms with Crippen molar-refractivity contribution in [3.8, 4) is 5.75 Å². The second-order valence-corrected chi connectivity index (χ2v) is 7.96. The van der Waals surface area contributed by atoms with Crippen LogP contribution in [0.15, 0.2) is 24.3 Å². The Hall–Kier alpha value is -4.24. The van der Waals surface area contributed by atoms with Gasteiger partial charge in [0.1, 0.15) is 17.8 Å². The third-order valence-corrected chi connectivity index (χ3v) is 4.96. The largest absolute Gasteiger partial charge is 0.508 e. The van der Waals surface area contributed by atoms with E-state index in [2.05, 4.69) is 10.7 Å². The topological polar surface area (TPSA) is 268 Å². The molecule has 15 heteroatoms. The Balaban J connectivity index is 3.12. The number of hydrogen-bond donors (Lipinski definition) is 8. The van der Waals surface area contributed by atoms with Crippen LogP contribution < -0.4 is 27.9 Å². The number of hydrazine groups is 1. The summed E-state index contributed by atoms with van der Waals surface area (Å²) in [4.78, 5) is 71.3. The normalized spacial score (nSPS) is 14.1. The lowest BCUT2D eigenvalue weighted by molar-refractivity contribution is -0.157. The number of carbonyl (C=O) groups is 6. The van der Waals surface area contributed by atoms with Gasteiger partial charge in [-0.05, 0) is 37.5 Å². The first-order valence-electron chi connectivity index (χ1n) is 10.7. The lowest BCUT2D eigenvalue weighted by Gasteiger charge is -2.33. The Labute approximate surface area is 205 Å². The zero-order valence-corrected chi connectivity index (χ0v) is 19.4. The second-order valence-electron chi connectivity index (χ2n) is 7.96. The first-order valence-corrected chi connectivity index (χ1v) is 10.7. The molecule has 198 valence electrons. The van der Waals surface area contributed by atoms with Gasteiger partial charge in [-0.25, -0.2) is 15.0 Å². The quantitative estimate of drug-likeness (QED) is 0.111. The molecule has 0 saturated heterocycles. The minimum atomic E-state index is -1.85. The number of nitrogens with zero attached hydrogens (tertiary/aromatic N) is 1. The van der Waals surface area contributed by atoms with Crippen LogP contribution in [0.2, 0.25) is 0 Å². The van der Waals surface area contributed by atoms with Crippen molar-refractivity contribution in [3.05, 3.63) is 29.8 Å². The van der Waals surface area contributed by atoms with E-state index in [9.17, 15) is 44.1 Å². The summed E-state index contributed by atoms with van der Waals surface area (Å²) in [6.45, 7) is 1.21. The van der Waals surface area contributed by atoms with Crippen LogP contribution in [0.5, 0.6) is 5.75 Å². The number of nitrogens with one attached hydrogen (secondary N) is 2. The molecule has 0 fully saturated rings. The third kappa shape index (κ3) is 9.55. The fourth-order valence-corrected chi connectivity index (χ4v) is 3.05. The van der Waals surface area contributed by atoms with Gasteiger partial charge in [-0.3, -0.25) is 24.2 Å². The monoisotopic (exact) mass is 510 g/mol. The fourth-order valence-electron chi connectivity index (χ4n) is 3.05. The summed E-state index contributed by atoms with van der Waals surface area (Å²) in [6.07, 6.45) is -1.53. The Kier molecular flexibility index (Phi) is 11.3. The van der Waals surface area contributed by atoms with Crippen molar-refractivity contribution in [2.45, 2.75) is 56.8 Å². The van der Waals surface area contributed by atoms with Crippen LogP contribution in [-0.2, 0) is 35.2 Å².